The van der Waals surface area contributed by atoms with E-state index in [0.29, 0.717) is 11.2 Å². The molecule has 1 aromatic carbocycles. The molecule has 1 saturated carbocycles. The first-order valence-electron chi connectivity index (χ1n) is 10.6. The van der Waals surface area contributed by atoms with E-state index in [-0.39, 0.29) is 17.4 Å². The van der Waals surface area contributed by atoms with Crippen LogP contribution in [0.25, 0.3) is 5.69 Å². The summed E-state index contributed by atoms with van der Waals surface area (Å²) in [4.78, 5) is 30.8. The normalized spacial score (nSPS) is 15.3. The number of aryl methyl sites for hydroxylation is 2. The molecular weight excluding hydrogens is 395 g/mol. The molecule has 1 aliphatic carbocycles. The third-order valence-electron chi connectivity index (χ3n) is 5.59. The number of nitrogens with zero attached hydrogens (tertiary/aromatic N) is 4. The summed E-state index contributed by atoms with van der Waals surface area (Å²) in [6.45, 7) is 3.59. The molecule has 0 N–H and O–H groups in total. The van der Waals surface area contributed by atoms with E-state index in [1.165, 1.54) is 27.8 Å². The molecular formula is C24H25FN4O2. The molecule has 1 aliphatic rings. The van der Waals surface area contributed by atoms with E-state index >= 15 is 0 Å². The summed E-state index contributed by atoms with van der Waals surface area (Å²) in [5.41, 5.74) is 1.31. The number of aromatic nitrogens is 3. The average molecular weight is 420 g/mol. The summed E-state index contributed by atoms with van der Waals surface area (Å²) in [7, 11) is 0. The van der Waals surface area contributed by atoms with Crippen molar-refractivity contribution in [3.63, 3.8) is 0 Å². The third kappa shape index (κ3) is 4.40. The standard InChI is InChI=1S/C24H25FN4O2/c1-16-12-13-28(22(14-16)26-18-8-4-3-5-9-18)24(31)23-21(30)15-17(2)29(27-23)20-11-7-6-10-19(20)25/h6-7,10-15,18H,3-5,8-9H2,1-2H3. The van der Waals surface area contributed by atoms with Crippen LogP contribution in [0, 0.1) is 19.7 Å². The molecule has 160 valence electrons. The summed E-state index contributed by atoms with van der Waals surface area (Å²) in [5, 5.41) is 4.24. The van der Waals surface area contributed by atoms with E-state index < -0.39 is 17.2 Å². The molecule has 0 unspecified atom stereocenters. The number of rotatable bonds is 3. The predicted molar refractivity (Wildman–Crippen MR) is 116 cm³/mol. The van der Waals surface area contributed by atoms with Crippen molar-refractivity contribution >= 4 is 5.91 Å². The van der Waals surface area contributed by atoms with Crippen LogP contribution in [0.15, 0.2) is 58.4 Å². The summed E-state index contributed by atoms with van der Waals surface area (Å²) in [5.74, 6) is -1.07. The minimum atomic E-state index is -0.579. The first kappa shape index (κ1) is 20.9. The van der Waals surface area contributed by atoms with Crippen molar-refractivity contribution in [3.05, 3.63) is 87.1 Å². The Morgan fingerprint density at radius 1 is 1.10 bits per heavy atom. The number of pyridine rings is 1. The van der Waals surface area contributed by atoms with Gasteiger partial charge >= 0.3 is 0 Å². The predicted octanol–water partition coefficient (Wildman–Crippen LogP) is 3.71. The first-order chi connectivity index (χ1) is 14.9. The highest BCUT2D eigenvalue weighted by molar-refractivity contribution is 5.93. The van der Waals surface area contributed by atoms with Crippen LogP contribution in [0.3, 0.4) is 0 Å². The van der Waals surface area contributed by atoms with E-state index in [2.05, 4.69) is 5.10 Å². The smallest absolute Gasteiger partial charge is 0.287 e. The lowest BCUT2D eigenvalue weighted by atomic mass is 9.96. The van der Waals surface area contributed by atoms with E-state index in [4.69, 9.17) is 4.99 Å². The van der Waals surface area contributed by atoms with E-state index in [0.717, 1.165) is 31.2 Å². The highest BCUT2D eigenvalue weighted by atomic mass is 19.1. The van der Waals surface area contributed by atoms with Crippen molar-refractivity contribution in [1.82, 2.24) is 14.3 Å². The number of hydrogen-bond donors (Lipinski definition) is 0. The Balaban J connectivity index is 1.82. The Bertz CT molecular complexity index is 1250. The largest absolute Gasteiger partial charge is 0.288 e. The topological polar surface area (TPSA) is 69.2 Å². The fraction of sp³-hybridized carbons (Fsp3) is 0.333. The lowest BCUT2D eigenvalue weighted by molar-refractivity contribution is 0.0946. The molecule has 31 heavy (non-hydrogen) atoms. The molecule has 0 amide bonds. The van der Waals surface area contributed by atoms with Crippen molar-refractivity contribution < 1.29 is 9.18 Å². The van der Waals surface area contributed by atoms with Crippen LogP contribution in [-0.4, -0.2) is 26.3 Å². The monoisotopic (exact) mass is 420 g/mol. The molecule has 0 radical (unpaired) electrons. The number of halogens is 1. The van der Waals surface area contributed by atoms with Gasteiger partial charge in [-0.2, -0.15) is 5.10 Å². The second-order valence-electron chi connectivity index (χ2n) is 8.02. The van der Waals surface area contributed by atoms with Crippen LogP contribution in [0.2, 0.25) is 0 Å². The summed E-state index contributed by atoms with van der Waals surface area (Å²) < 4.78 is 17.0. The first-order valence-corrected chi connectivity index (χ1v) is 10.6. The quantitative estimate of drug-likeness (QED) is 0.649. The maximum Gasteiger partial charge on any atom is 0.288 e. The number of hydrogen-bond acceptors (Lipinski definition) is 4. The number of benzene rings is 1. The summed E-state index contributed by atoms with van der Waals surface area (Å²) in [6.07, 6.45) is 7.06. The molecule has 0 atom stereocenters. The second kappa shape index (κ2) is 8.79. The summed E-state index contributed by atoms with van der Waals surface area (Å²) in [6, 6.07) is 11.2. The molecule has 0 bridgehead atoms. The average Bonchev–Trinajstić information content (AvgIpc) is 2.75. The molecule has 0 spiro atoms. The van der Waals surface area contributed by atoms with Crippen molar-refractivity contribution in [2.45, 2.75) is 52.0 Å². The zero-order valence-electron chi connectivity index (χ0n) is 17.7. The van der Waals surface area contributed by atoms with Crippen LogP contribution in [-0.2, 0) is 0 Å². The highest BCUT2D eigenvalue weighted by Crippen LogP contribution is 2.19. The van der Waals surface area contributed by atoms with Crippen LogP contribution in [0.5, 0.6) is 0 Å². The molecule has 0 saturated heterocycles. The highest BCUT2D eigenvalue weighted by Gasteiger charge is 2.19. The fourth-order valence-corrected chi connectivity index (χ4v) is 3.94. The van der Waals surface area contributed by atoms with Gasteiger partial charge in [0, 0.05) is 18.0 Å². The van der Waals surface area contributed by atoms with Crippen molar-refractivity contribution in [2.75, 3.05) is 0 Å². The van der Waals surface area contributed by atoms with E-state index in [9.17, 15) is 14.0 Å². The molecule has 6 nitrogen and oxygen atoms in total. The molecule has 0 aliphatic heterocycles. The summed E-state index contributed by atoms with van der Waals surface area (Å²) >= 11 is 0. The van der Waals surface area contributed by atoms with Gasteiger partial charge in [0.15, 0.2) is 5.69 Å². The van der Waals surface area contributed by atoms with Gasteiger partial charge in [-0.1, -0.05) is 31.4 Å². The van der Waals surface area contributed by atoms with Gasteiger partial charge in [0.05, 0.1) is 6.04 Å². The fourth-order valence-electron chi connectivity index (χ4n) is 3.94. The van der Waals surface area contributed by atoms with E-state index in [1.807, 2.05) is 13.0 Å². The van der Waals surface area contributed by atoms with Gasteiger partial charge in [-0.05, 0) is 56.5 Å². The lowest BCUT2D eigenvalue weighted by Gasteiger charge is -2.18. The zero-order chi connectivity index (χ0) is 22.0. The van der Waals surface area contributed by atoms with Crippen molar-refractivity contribution in [1.29, 1.82) is 0 Å². The molecule has 4 rings (SSSR count). The Morgan fingerprint density at radius 2 is 1.84 bits per heavy atom. The van der Waals surface area contributed by atoms with Gasteiger partial charge in [0.1, 0.15) is 17.0 Å². The van der Waals surface area contributed by atoms with Crippen LogP contribution in [0.4, 0.5) is 4.39 Å². The van der Waals surface area contributed by atoms with Gasteiger partial charge in [0.2, 0.25) is 5.43 Å². The van der Waals surface area contributed by atoms with E-state index in [1.54, 1.807) is 37.4 Å². The molecule has 2 heterocycles. The number of carbonyl (C=O) groups is 1. The minimum Gasteiger partial charge on any atom is -0.287 e. The van der Waals surface area contributed by atoms with Gasteiger partial charge in [-0.15, -0.1) is 0 Å². The van der Waals surface area contributed by atoms with Crippen molar-refractivity contribution in [2.24, 2.45) is 4.99 Å². The zero-order valence-corrected chi connectivity index (χ0v) is 17.7. The Morgan fingerprint density at radius 3 is 2.58 bits per heavy atom. The minimum absolute atomic E-state index is 0.163. The maximum absolute atomic E-state index is 14.3. The van der Waals surface area contributed by atoms with Crippen molar-refractivity contribution in [3.8, 4) is 5.69 Å². The van der Waals surface area contributed by atoms with Crippen LogP contribution < -0.4 is 10.9 Å². The molecule has 1 fully saturated rings. The lowest BCUT2D eigenvalue weighted by Crippen LogP contribution is -2.34. The van der Waals surface area contributed by atoms with Gasteiger partial charge in [-0.3, -0.25) is 19.1 Å². The van der Waals surface area contributed by atoms with Gasteiger partial charge in [-0.25, -0.2) is 9.07 Å². The Labute approximate surface area is 179 Å². The molecule has 7 heteroatoms. The Hall–Kier alpha value is -3.35. The number of para-hydroxylation sites is 1. The Kier molecular flexibility index (Phi) is 5.93. The number of carbonyl (C=O) groups excluding carboxylic acids is 1. The third-order valence-corrected chi connectivity index (χ3v) is 5.59. The maximum atomic E-state index is 14.3. The SMILES string of the molecule is Cc1ccn(C(=O)c2nn(-c3ccccc3F)c(C)cc2=O)c(=NC2CCCCC2)c1. The second-order valence-corrected chi connectivity index (χ2v) is 8.02. The van der Waals surface area contributed by atoms with Crippen LogP contribution >= 0.6 is 0 Å². The van der Waals surface area contributed by atoms with Crippen LogP contribution in [0.1, 0.15) is 53.8 Å². The van der Waals surface area contributed by atoms with Gasteiger partial charge < -0.3 is 0 Å². The van der Waals surface area contributed by atoms with Gasteiger partial charge in [0.25, 0.3) is 5.91 Å². The molecule has 2 aromatic heterocycles. The molecule has 3 aromatic rings.